The first-order chi connectivity index (χ1) is 15.2. The van der Waals surface area contributed by atoms with Gasteiger partial charge in [0, 0.05) is 18.7 Å². The van der Waals surface area contributed by atoms with Gasteiger partial charge in [0.15, 0.2) is 9.84 Å². The van der Waals surface area contributed by atoms with Gasteiger partial charge < -0.3 is 15.0 Å². The number of ether oxygens (including phenoxy) is 1. The molecule has 170 valence electrons. The van der Waals surface area contributed by atoms with Crippen molar-refractivity contribution in [2.75, 3.05) is 25.5 Å². The topological polar surface area (TPSA) is 128 Å². The molecule has 10 nitrogen and oxygen atoms in total. The molecular formula is C21H24N4O6S. The molecule has 32 heavy (non-hydrogen) atoms. The van der Waals surface area contributed by atoms with E-state index >= 15 is 0 Å². The molecule has 0 unspecified atom stereocenters. The predicted octanol–water partition coefficient (Wildman–Crippen LogP) is 0.959. The van der Waals surface area contributed by atoms with Crippen LogP contribution >= 0.6 is 0 Å². The van der Waals surface area contributed by atoms with E-state index in [1.807, 2.05) is 25.1 Å². The van der Waals surface area contributed by atoms with Gasteiger partial charge in [0.25, 0.3) is 0 Å². The zero-order valence-corrected chi connectivity index (χ0v) is 18.6. The second kappa shape index (κ2) is 8.38. The number of carbonyl (C=O) groups excluding carboxylic acids is 3. The Morgan fingerprint density at radius 2 is 1.88 bits per heavy atom. The van der Waals surface area contributed by atoms with Crippen LogP contribution in [-0.2, 0) is 40.5 Å². The van der Waals surface area contributed by atoms with Crippen LogP contribution in [0.1, 0.15) is 29.7 Å². The molecule has 2 aromatic rings. The molecule has 0 radical (unpaired) electrons. The maximum Gasteiger partial charge on any atom is 0.315 e. The predicted molar refractivity (Wildman–Crippen MR) is 115 cm³/mol. The van der Waals surface area contributed by atoms with E-state index in [1.165, 1.54) is 16.7 Å². The number of aryl methyl sites for hydroxylation is 1. The largest absolute Gasteiger partial charge is 0.469 e. The summed E-state index contributed by atoms with van der Waals surface area (Å²) in [4.78, 5) is 38.6. The monoisotopic (exact) mass is 460 g/mol. The average molecular weight is 461 g/mol. The third-order valence-corrected chi connectivity index (χ3v) is 7.22. The van der Waals surface area contributed by atoms with Crippen molar-refractivity contribution in [3.8, 4) is 5.69 Å². The molecule has 1 N–H and O–H groups in total. The van der Waals surface area contributed by atoms with Crippen LogP contribution in [-0.4, -0.2) is 61.1 Å². The molecule has 0 bridgehead atoms. The molecule has 0 saturated carbocycles. The number of hydrogen-bond donors (Lipinski definition) is 1. The first kappa shape index (κ1) is 22.0. The maximum atomic E-state index is 12.8. The van der Waals surface area contributed by atoms with E-state index in [9.17, 15) is 22.8 Å². The highest BCUT2D eigenvalue weighted by atomic mass is 32.2. The average Bonchev–Trinajstić information content (AvgIpc) is 3.25. The summed E-state index contributed by atoms with van der Waals surface area (Å²) in [7, 11) is -2.03. The lowest BCUT2D eigenvalue weighted by atomic mass is 9.97. The summed E-state index contributed by atoms with van der Waals surface area (Å²) in [5.74, 6) is -2.48. The van der Waals surface area contributed by atoms with Crippen LogP contribution in [0.4, 0.5) is 5.82 Å². The summed E-state index contributed by atoms with van der Waals surface area (Å²) in [5.41, 5.74) is 2.39. The third-order valence-electron chi connectivity index (χ3n) is 5.78. The van der Waals surface area contributed by atoms with Crippen LogP contribution in [0.15, 0.2) is 24.3 Å². The first-order valence-electron chi connectivity index (χ1n) is 10.2. The van der Waals surface area contributed by atoms with Crippen molar-refractivity contribution in [2.45, 2.75) is 31.3 Å². The number of benzene rings is 1. The van der Waals surface area contributed by atoms with Gasteiger partial charge in [-0.25, -0.2) is 13.1 Å². The van der Waals surface area contributed by atoms with Crippen molar-refractivity contribution < 1.29 is 27.5 Å². The van der Waals surface area contributed by atoms with Crippen LogP contribution in [0, 0.1) is 12.8 Å². The Bertz CT molecular complexity index is 1190. The normalized spacial score (nSPS) is 17.6. The molecule has 0 aliphatic carbocycles. The van der Waals surface area contributed by atoms with Gasteiger partial charge in [-0.1, -0.05) is 12.1 Å². The lowest BCUT2D eigenvalue weighted by molar-refractivity contribution is -0.150. The number of esters is 1. The summed E-state index contributed by atoms with van der Waals surface area (Å²) in [6.07, 6.45) is 0.834. The summed E-state index contributed by atoms with van der Waals surface area (Å²) < 4.78 is 30.4. The summed E-state index contributed by atoms with van der Waals surface area (Å²) in [6.45, 7) is 2.43. The molecule has 2 aliphatic rings. The summed E-state index contributed by atoms with van der Waals surface area (Å²) in [5, 5.41) is 7.01. The number of likely N-dealkylation sites (tertiary alicyclic amines) is 1. The zero-order chi connectivity index (χ0) is 23.0. The Labute approximate surface area is 185 Å². The Morgan fingerprint density at radius 1 is 1.16 bits per heavy atom. The number of fused-ring (bicyclic) bond motifs is 1. The Balaban J connectivity index is 1.56. The van der Waals surface area contributed by atoms with Crippen LogP contribution in [0.3, 0.4) is 0 Å². The van der Waals surface area contributed by atoms with Gasteiger partial charge in [0.2, 0.25) is 0 Å². The van der Waals surface area contributed by atoms with E-state index in [1.54, 1.807) is 6.07 Å². The van der Waals surface area contributed by atoms with Gasteiger partial charge >= 0.3 is 17.8 Å². The van der Waals surface area contributed by atoms with E-state index in [4.69, 9.17) is 4.74 Å². The van der Waals surface area contributed by atoms with Crippen molar-refractivity contribution in [3.05, 3.63) is 41.1 Å². The smallest absolute Gasteiger partial charge is 0.315 e. The molecule has 2 amide bonds. The van der Waals surface area contributed by atoms with Crippen LogP contribution in [0.2, 0.25) is 0 Å². The minimum absolute atomic E-state index is 0.189. The molecule has 1 fully saturated rings. The van der Waals surface area contributed by atoms with Crippen molar-refractivity contribution in [1.82, 2.24) is 14.7 Å². The fourth-order valence-electron chi connectivity index (χ4n) is 4.11. The SMILES string of the molecule is COC(=O)C1CCN(C(=O)C(=O)Nc2c3c(nn2-c2cccc(C)c2)CS(=O)(=O)C3)CC1. The van der Waals surface area contributed by atoms with Crippen molar-refractivity contribution in [3.63, 3.8) is 0 Å². The minimum Gasteiger partial charge on any atom is -0.469 e. The van der Waals surface area contributed by atoms with E-state index in [-0.39, 0.29) is 42.3 Å². The molecule has 0 atom stereocenters. The van der Waals surface area contributed by atoms with Gasteiger partial charge in [-0.3, -0.25) is 14.4 Å². The number of anilines is 1. The molecular weight excluding hydrogens is 436 g/mol. The highest BCUT2D eigenvalue weighted by Gasteiger charge is 2.35. The van der Waals surface area contributed by atoms with E-state index in [0.717, 1.165) is 5.56 Å². The maximum absolute atomic E-state index is 12.8. The molecule has 4 rings (SSSR count). The number of nitrogens with one attached hydrogen (secondary N) is 1. The number of piperidine rings is 1. The Kier molecular flexibility index (Phi) is 5.76. The lowest BCUT2D eigenvalue weighted by Crippen LogP contribution is -2.45. The molecule has 3 heterocycles. The second-order valence-electron chi connectivity index (χ2n) is 8.10. The zero-order valence-electron chi connectivity index (χ0n) is 17.8. The minimum atomic E-state index is -3.35. The fraction of sp³-hybridized carbons (Fsp3) is 0.429. The highest BCUT2D eigenvalue weighted by molar-refractivity contribution is 7.90. The van der Waals surface area contributed by atoms with Crippen molar-refractivity contribution in [2.24, 2.45) is 5.92 Å². The van der Waals surface area contributed by atoms with Gasteiger partial charge in [-0.15, -0.1) is 0 Å². The van der Waals surface area contributed by atoms with Gasteiger partial charge in [-0.2, -0.15) is 5.10 Å². The quantitative estimate of drug-likeness (QED) is 0.534. The molecule has 11 heteroatoms. The van der Waals surface area contributed by atoms with Crippen LogP contribution < -0.4 is 5.32 Å². The van der Waals surface area contributed by atoms with Crippen LogP contribution in [0.5, 0.6) is 0 Å². The fourth-order valence-corrected chi connectivity index (χ4v) is 5.60. The number of hydrogen-bond acceptors (Lipinski definition) is 7. The molecule has 1 aromatic carbocycles. The molecule has 1 saturated heterocycles. The van der Waals surface area contributed by atoms with Gasteiger partial charge in [0.05, 0.1) is 35.9 Å². The van der Waals surface area contributed by atoms with Crippen molar-refractivity contribution in [1.29, 1.82) is 0 Å². The van der Waals surface area contributed by atoms with E-state index in [2.05, 4.69) is 10.4 Å². The molecule has 1 aromatic heterocycles. The number of methoxy groups -OCH3 is 1. The standard InChI is InChI=1S/C21H24N4O6S/c1-13-4-3-5-15(10-13)25-18(16-11-32(29,30)12-17(16)23-25)22-19(26)20(27)24-8-6-14(7-9-24)21(28)31-2/h3-5,10,14H,6-9,11-12H2,1-2H3,(H,22,26). The number of amides is 2. The highest BCUT2D eigenvalue weighted by Crippen LogP contribution is 2.33. The lowest BCUT2D eigenvalue weighted by Gasteiger charge is -2.30. The van der Waals surface area contributed by atoms with E-state index in [0.29, 0.717) is 29.8 Å². The Morgan fingerprint density at radius 3 is 2.53 bits per heavy atom. The molecule has 2 aliphatic heterocycles. The van der Waals surface area contributed by atoms with Gasteiger partial charge in [-0.05, 0) is 37.5 Å². The first-order valence-corrected chi connectivity index (χ1v) is 12.1. The van der Waals surface area contributed by atoms with Crippen molar-refractivity contribution >= 4 is 33.4 Å². The number of rotatable bonds is 3. The van der Waals surface area contributed by atoms with Gasteiger partial charge in [0.1, 0.15) is 5.82 Å². The second-order valence-corrected chi connectivity index (χ2v) is 10.2. The van der Waals surface area contributed by atoms with E-state index < -0.39 is 21.7 Å². The number of sulfone groups is 1. The number of nitrogens with zero attached hydrogens (tertiary/aromatic N) is 3. The third kappa shape index (κ3) is 4.24. The summed E-state index contributed by atoms with van der Waals surface area (Å²) in [6, 6.07) is 7.38. The molecule has 0 spiro atoms. The van der Waals surface area contributed by atoms with Crippen LogP contribution in [0.25, 0.3) is 5.69 Å². The number of carbonyl (C=O) groups is 3. The Hall–Kier alpha value is -3.21. The number of aromatic nitrogens is 2. The summed E-state index contributed by atoms with van der Waals surface area (Å²) >= 11 is 0.